The molecule has 0 aliphatic carbocycles. The Hall–Kier alpha value is -3.40. The van der Waals surface area contributed by atoms with Crippen LogP contribution in [-0.2, 0) is 15.0 Å². The van der Waals surface area contributed by atoms with Crippen LogP contribution in [0.4, 0.5) is 10.1 Å². The average Bonchev–Trinajstić information content (AvgIpc) is 3.13. The Balaban J connectivity index is 1.55. The molecule has 0 saturated heterocycles. The van der Waals surface area contributed by atoms with E-state index in [-0.39, 0.29) is 29.5 Å². The van der Waals surface area contributed by atoms with Crippen molar-refractivity contribution in [2.45, 2.75) is 31.3 Å². The summed E-state index contributed by atoms with van der Waals surface area (Å²) in [6, 6.07) is 13.4. The molecule has 0 radical (unpaired) electrons. The van der Waals surface area contributed by atoms with Crippen molar-refractivity contribution in [3.8, 4) is 11.4 Å². The predicted molar refractivity (Wildman–Crippen MR) is 128 cm³/mol. The molecule has 0 unspecified atom stereocenters. The van der Waals surface area contributed by atoms with Gasteiger partial charge in [0.05, 0.1) is 12.3 Å². The zero-order valence-corrected chi connectivity index (χ0v) is 19.8. The van der Waals surface area contributed by atoms with Crippen molar-refractivity contribution in [1.82, 2.24) is 19.8 Å². The zero-order valence-electron chi connectivity index (χ0n) is 19.0. The van der Waals surface area contributed by atoms with Crippen LogP contribution in [0.3, 0.4) is 0 Å². The molecule has 8 nitrogen and oxygen atoms in total. The number of nitrogens with two attached hydrogens (primary N) is 1. The van der Waals surface area contributed by atoms with E-state index in [9.17, 15) is 14.0 Å². The largest absolute Gasteiger partial charge is 0.336 e. The minimum absolute atomic E-state index is 0.0399. The van der Waals surface area contributed by atoms with E-state index >= 15 is 0 Å². The normalized spacial score (nSPS) is 11.3. The number of carbonyl (C=O) groups is 2. The van der Waals surface area contributed by atoms with Gasteiger partial charge in [-0.3, -0.25) is 9.59 Å². The molecule has 0 saturated carbocycles. The number of rotatable bonds is 7. The molecule has 3 aromatic rings. The molecule has 0 fully saturated rings. The van der Waals surface area contributed by atoms with Gasteiger partial charge in [0, 0.05) is 18.3 Å². The maximum Gasteiger partial charge on any atom is 0.243 e. The molecular weight excluding hydrogens is 443 g/mol. The van der Waals surface area contributed by atoms with Crippen molar-refractivity contribution in [3.63, 3.8) is 0 Å². The van der Waals surface area contributed by atoms with Crippen LogP contribution in [0.25, 0.3) is 11.4 Å². The lowest BCUT2D eigenvalue weighted by Gasteiger charge is -2.19. The summed E-state index contributed by atoms with van der Waals surface area (Å²) < 4.78 is 14.3. The van der Waals surface area contributed by atoms with Gasteiger partial charge in [-0.15, -0.1) is 10.2 Å². The fourth-order valence-corrected chi connectivity index (χ4v) is 3.76. The van der Waals surface area contributed by atoms with Crippen molar-refractivity contribution < 1.29 is 14.0 Å². The van der Waals surface area contributed by atoms with Crippen LogP contribution < -0.4 is 11.2 Å². The van der Waals surface area contributed by atoms with Gasteiger partial charge < -0.3 is 16.1 Å². The molecule has 10 heteroatoms. The number of carbonyl (C=O) groups excluding carboxylic acids is 2. The second-order valence-electron chi connectivity index (χ2n) is 8.60. The number of thioether (sulfide) groups is 1. The third kappa shape index (κ3) is 6.32. The van der Waals surface area contributed by atoms with Gasteiger partial charge in [0.1, 0.15) is 5.82 Å². The van der Waals surface area contributed by atoms with Crippen molar-refractivity contribution in [2.24, 2.45) is 0 Å². The summed E-state index contributed by atoms with van der Waals surface area (Å²) in [6.45, 7) is 6.28. The predicted octanol–water partition coefficient (Wildman–Crippen LogP) is 3.28. The minimum Gasteiger partial charge on any atom is -0.336 e. The second-order valence-corrected chi connectivity index (χ2v) is 9.54. The number of aromatic nitrogens is 3. The molecule has 33 heavy (non-hydrogen) atoms. The Kier molecular flexibility index (Phi) is 7.37. The summed E-state index contributed by atoms with van der Waals surface area (Å²) in [5.74, 6) is 5.64. The number of hydrogen-bond acceptors (Lipinski definition) is 6. The quantitative estimate of drug-likeness (QED) is 0.405. The number of anilines is 1. The van der Waals surface area contributed by atoms with Gasteiger partial charge in [0.2, 0.25) is 17.0 Å². The van der Waals surface area contributed by atoms with Gasteiger partial charge in [0.15, 0.2) is 5.82 Å². The molecule has 3 N–H and O–H groups in total. The summed E-state index contributed by atoms with van der Waals surface area (Å²) in [5.41, 5.74) is 2.51. The highest BCUT2D eigenvalue weighted by molar-refractivity contribution is 7.99. The van der Waals surface area contributed by atoms with Gasteiger partial charge in [-0.05, 0) is 35.2 Å². The number of nitrogens with zero attached hydrogens (tertiary/aromatic N) is 4. The number of hydrogen-bond donors (Lipinski definition) is 2. The van der Waals surface area contributed by atoms with Gasteiger partial charge in [0.25, 0.3) is 0 Å². The van der Waals surface area contributed by atoms with E-state index < -0.39 is 5.82 Å². The van der Waals surface area contributed by atoms with Crippen LogP contribution in [-0.4, -0.2) is 50.9 Å². The molecule has 2 amide bonds. The summed E-state index contributed by atoms with van der Waals surface area (Å²) in [4.78, 5) is 25.9. The Bertz CT molecular complexity index is 1120. The lowest BCUT2D eigenvalue weighted by molar-refractivity contribution is -0.131. The molecule has 0 spiro atoms. The summed E-state index contributed by atoms with van der Waals surface area (Å²) in [7, 11) is 1.53. The molecule has 2 aromatic carbocycles. The van der Waals surface area contributed by atoms with E-state index in [4.69, 9.17) is 5.84 Å². The first-order chi connectivity index (χ1) is 15.5. The Morgan fingerprint density at radius 1 is 1.09 bits per heavy atom. The van der Waals surface area contributed by atoms with Gasteiger partial charge >= 0.3 is 0 Å². The molecule has 0 atom stereocenters. The van der Waals surface area contributed by atoms with Gasteiger partial charge in [-0.25, -0.2) is 9.07 Å². The van der Waals surface area contributed by atoms with E-state index in [0.717, 1.165) is 17.3 Å². The van der Waals surface area contributed by atoms with Crippen LogP contribution in [0.5, 0.6) is 0 Å². The van der Waals surface area contributed by atoms with Crippen molar-refractivity contribution in [1.29, 1.82) is 0 Å². The Labute approximate surface area is 196 Å². The lowest BCUT2D eigenvalue weighted by Crippen LogP contribution is -2.36. The van der Waals surface area contributed by atoms with Crippen LogP contribution in [0.15, 0.2) is 53.7 Å². The van der Waals surface area contributed by atoms with Crippen LogP contribution in [0.1, 0.15) is 26.3 Å². The molecule has 1 aromatic heterocycles. The number of amides is 2. The number of nitrogen functional groups attached to an aromatic ring is 1. The Morgan fingerprint density at radius 2 is 1.73 bits per heavy atom. The van der Waals surface area contributed by atoms with E-state index in [1.54, 1.807) is 0 Å². The van der Waals surface area contributed by atoms with E-state index in [0.29, 0.717) is 16.7 Å². The van der Waals surface area contributed by atoms with Crippen LogP contribution >= 0.6 is 11.8 Å². The highest BCUT2D eigenvalue weighted by Gasteiger charge is 2.18. The molecule has 0 aliphatic heterocycles. The van der Waals surface area contributed by atoms with Gasteiger partial charge in [-0.2, -0.15) is 0 Å². The summed E-state index contributed by atoms with van der Waals surface area (Å²) in [6.07, 6.45) is 0. The zero-order chi connectivity index (χ0) is 24.2. The van der Waals surface area contributed by atoms with E-state index in [1.807, 2.05) is 24.3 Å². The first kappa shape index (κ1) is 24.2. The SMILES string of the molecule is CN(CC(=O)Nc1ccc(F)cc1)C(=O)CSc1nnc(-c2ccc(C(C)(C)C)cc2)n1N. The third-order valence-electron chi connectivity index (χ3n) is 4.93. The topological polar surface area (TPSA) is 106 Å². The monoisotopic (exact) mass is 470 g/mol. The minimum atomic E-state index is -0.393. The van der Waals surface area contributed by atoms with Crippen molar-refractivity contribution >= 4 is 29.3 Å². The molecule has 174 valence electrons. The maximum absolute atomic E-state index is 13.0. The molecule has 0 bridgehead atoms. The molecular formula is C23H27FN6O2S. The Morgan fingerprint density at radius 3 is 2.33 bits per heavy atom. The van der Waals surface area contributed by atoms with Crippen molar-refractivity contribution in [3.05, 3.63) is 59.9 Å². The lowest BCUT2D eigenvalue weighted by atomic mass is 9.87. The first-order valence-electron chi connectivity index (χ1n) is 10.3. The molecule has 3 rings (SSSR count). The summed E-state index contributed by atoms with van der Waals surface area (Å²) >= 11 is 1.14. The van der Waals surface area contributed by atoms with Crippen LogP contribution in [0.2, 0.25) is 0 Å². The number of likely N-dealkylation sites (N-methyl/N-ethyl adjacent to an activating group) is 1. The fraction of sp³-hybridized carbons (Fsp3) is 0.304. The number of halogens is 1. The first-order valence-corrected chi connectivity index (χ1v) is 11.3. The number of nitrogens with one attached hydrogen (secondary N) is 1. The smallest absolute Gasteiger partial charge is 0.243 e. The molecule has 0 aliphatic rings. The third-order valence-corrected chi connectivity index (χ3v) is 5.86. The van der Waals surface area contributed by atoms with Gasteiger partial charge in [-0.1, -0.05) is 56.8 Å². The fourth-order valence-electron chi connectivity index (χ4n) is 2.97. The highest BCUT2D eigenvalue weighted by atomic mass is 32.2. The standard InChI is InChI=1S/C23H27FN6O2S/c1-23(2,3)16-7-5-15(6-8-16)21-27-28-22(30(21)25)33-14-20(32)29(4)13-19(31)26-18-11-9-17(24)10-12-18/h5-12H,13-14,25H2,1-4H3,(H,26,31). The van der Waals surface area contributed by atoms with Crippen molar-refractivity contribution in [2.75, 3.05) is 30.5 Å². The average molecular weight is 471 g/mol. The summed E-state index contributed by atoms with van der Waals surface area (Å²) in [5, 5.41) is 11.3. The van der Waals surface area contributed by atoms with Crippen LogP contribution in [0, 0.1) is 5.82 Å². The second kappa shape index (κ2) is 10.0. The van der Waals surface area contributed by atoms with E-state index in [2.05, 4.69) is 36.3 Å². The molecule has 1 heterocycles. The highest BCUT2D eigenvalue weighted by Crippen LogP contribution is 2.26. The maximum atomic E-state index is 13.0. The number of benzene rings is 2. The van der Waals surface area contributed by atoms with E-state index in [1.165, 1.54) is 46.5 Å².